The van der Waals surface area contributed by atoms with Gasteiger partial charge in [-0.15, -0.1) is 0 Å². The molecule has 4 aromatic rings. The van der Waals surface area contributed by atoms with Crippen molar-refractivity contribution in [2.24, 2.45) is 0 Å². The maximum Gasteiger partial charge on any atom is 0.311 e. The van der Waals surface area contributed by atoms with E-state index in [0.717, 1.165) is 16.8 Å². The fraction of sp³-hybridized carbons (Fsp3) is 0.0556. The van der Waals surface area contributed by atoms with Gasteiger partial charge in [0.05, 0.1) is 35.1 Å². The summed E-state index contributed by atoms with van der Waals surface area (Å²) >= 11 is 0. The third-order valence-corrected chi connectivity index (χ3v) is 4.09. The number of hydrogen-bond acceptors (Lipinski definition) is 6. The van der Waals surface area contributed by atoms with Gasteiger partial charge in [-0.05, 0) is 0 Å². The summed E-state index contributed by atoms with van der Waals surface area (Å²) in [4.78, 5) is 19.5. The van der Waals surface area contributed by atoms with E-state index in [0.29, 0.717) is 16.6 Å². The van der Waals surface area contributed by atoms with Crippen molar-refractivity contribution in [3.8, 4) is 28.3 Å². The van der Waals surface area contributed by atoms with Crippen molar-refractivity contribution < 1.29 is 9.66 Å². The van der Waals surface area contributed by atoms with Crippen molar-refractivity contribution in [2.75, 3.05) is 7.11 Å². The minimum absolute atomic E-state index is 0.138. The zero-order valence-corrected chi connectivity index (χ0v) is 13.7. The van der Waals surface area contributed by atoms with Crippen LogP contribution in [0, 0.1) is 10.1 Å². The van der Waals surface area contributed by atoms with Crippen LogP contribution in [0.4, 0.5) is 5.69 Å². The fourth-order valence-corrected chi connectivity index (χ4v) is 2.88. The number of ether oxygens (including phenoxy) is 1. The average Bonchev–Trinajstić information content (AvgIpc) is 3.16. The SMILES string of the molecule is COc1cc2ncnc(-c3cn[nH]c3-c3ccccc3)c2cc1[N+](=O)[O-]. The van der Waals surface area contributed by atoms with Crippen LogP contribution in [0.5, 0.6) is 5.75 Å². The van der Waals surface area contributed by atoms with Crippen LogP contribution in [0.3, 0.4) is 0 Å². The van der Waals surface area contributed by atoms with E-state index in [9.17, 15) is 10.1 Å². The molecule has 0 bridgehead atoms. The Hall–Kier alpha value is -3.81. The van der Waals surface area contributed by atoms with Crippen LogP contribution in [0.2, 0.25) is 0 Å². The number of nitrogens with zero attached hydrogens (tertiary/aromatic N) is 4. The van der Waals surface area contributed by atoms with Crippen molar-refractivity contribution in [3.05, 3.63) is 65.1 Å². The lowest BCUT2D eigenvalue weighted by Gasteiger charge is -2.08. The van der Waals surface area contributed by atoms with E-state index in [1.807, 2.05) is 30.3 Å². The zero-order chi connectivity index (χ0) is 18.1. The molecule has 0 aliphatic carbocycles. The molecule has 0 amide bonds. The first-order valence-corrected chi connectivity index (χ1v) is 7.75. The van der Waals surface area contributed by atoms with Crippen molar-refractivity contribution >= 4 is 16.6 Å². The molecule has 0 saturated heterocycles. The standard InChI is InChI=1S/C18H13N5O3/c1-26-16-8-14-12(7-15(16)23(24)25)18(20-10-19-14)13-9-21-22-17(13)11-5-3-2-4-6-11/h2-10H,1H3,(H,21,22). The van der Waals surface area contributed by atoms with Crippen molar-refractivity contribution in [2.45, 2.75) is 0 Å². The Morgan fingerprint density at radius 1 is 1.15 bits per heavy atom. The van der Waals surface area contributed by atoms with E-state index in [1.165, 1.54) is 19.5 Å². The smallest absolute Gasteiger partial charge is 0.311 e. The van der Waals surface area contributed by atoms with Gasteiger partial charge in [-0.25, -0.2) is 9.97 Å². The van der Waals surface area contributed by atoms with E-state index < -0.39 is 4.92 Å². The Morgan fingerprint density at radius 2 is 1.96 bits per heavy atom. The second-order valence-corrected chi connectivity index (χ2v) is 5.55. The van der Waals surface area contributed by atoms with Crippen molar-refractivity contribution in [1.82, 2.24) is 20.2 Å². The second-order valence-electron chi connectivity index (χ2n) is 5.55. The highest BCUT2D eigenvalue weighted by Gasteiger charge is 2.21. The quantitative estimate of drug-likeness (QED) is 0.446. The number of fused-ring (bicyclic) bond motifs is 1. The predicted octanol–water partition coefficient (Wildman–Crippen LogP) is 3.60. The molecule has 8 heteroatoms. The number of nitro benzene ring substituents is 1. The van der Waals surface area contributed by atoms with Crippen LogP contribution in [-0.4, -0.2) is 32.2 Å². The molecule has 0 saturated carbocycles. The van der Waals surface area contributed by atoms with Crippen LogP contribution in [0.25, 0.3) is 33.4 Å². The van der Waals surface area contributed by atoms with Crippen LogP contribution < -0.4 is 4.74 Å². The monoisotopic (exact) mass is 347 g/mol. The average molecular weight is 347 g/mol. The summed E-state index contributed by atoms with van der Waals surface area (Å²) in [6.07, 6.45) is 3.07. The summed E-state index contributed by atoms with van der Waals surface area (Å²) in [5, 5.41) is 19.0. The summed E-state index contributed by atoms with van der Waals surface area (Å²) in [5.74, 6) is 0.155. The van der Waals surface area contributed by atoms with Gasteiger partial charge in [-0.2, -0.15) is 5.10 Å². The Morgan fingerprint density at radius 3 is 2.69 bits per heavy atom. The Balaban J connectivity index is 1.98. The van der Waals surface area contributed by atoms with Crippen molar-refractivity contribution in [3.63, 3.8) is 0 Å². The number of rotatable bonds is 4. The molecule has 0 aliphatic rings. The summed E-state index contributed by atoms with van der Waals surface area (Å²) < 4.78 is 5.12. The van der Waals surface area contributed by atoms with Gasteiger partial charge in [0.15, 0.2) is 5.75 Å². The lowest BCUT2D eigenvalue weighted by molar-refractivity contribution is -0.385. The Labute approximate surface area is 147 Å². The molecule has 2 aromatic heterocycles. The maximum absolute atomic E-state index is 11.4. The van der Waals surface area contributed by atoms with Gasteiger partial charge in [0.2, 0.25) is 0 Å². The van der Waals surface area contributed by atoms with E-state index in [4.69, 9.17) is 4.74 Å². The summed E-state index contributed by atoms with van der Waals surface area (Å²) in [6, 6.07) is 12.7. The van der Waals surface area contributed by atoms with E-state index in [-0.39, 0.29) is 11.4 Å². The molecule has 4 rings (SSSR count). The first-order chi connectivity index (χ1) is 12.7. The maximum atomic E-state index is 11.4. The molecule has 128 valence electrons. The van der Waals surface area contributed by atoms with Gasteiger partial charge in [0.1, 0.15) is 6.33 Å². The number of aromatic nitrogens is 4. The number of methoxy groups -OCH3 is 1. The highest BCUT2D eigenvalue weighted by molar-refractivity contribution is 5.97. The molecule has 26 heavy (non-hydrogen) atoms. The molecular weight excluding hydrogens is 334 g/mol. The molecule has 0 atom stereocenters. The second kappa shape index (κ2) is 6.25. The third-order valence-electron chi connectivity index (χ3n) is 4.09. The first-order valence-electron chi connectivity index (χ1n) is 7.75. The number of nitrogens with one attached hydrogen (secondary N) is 1. The highest BCUT2D eigenvalue weighted by atomic mass is 16.6. The highest BCUT2D eigenvalue weighted by Crippen LogP contribution is 2.37. The summed E-state index contributed by atoms with van der Waals surface area (Å²) in [5.41, 5.74) is 3.44. The lowest BCUT2D eigenvalue weighted by atomic mass is 10.0. The number of aromatic amines is 1. The third kappa shape index (κ3) is 2.53. The molecule has 1 N–H and O–H groups in total. The molecule has 0 aliphatic heterocycles. The van der Waals surface area contributed by atoms with Gasteiger partial charge in [-0.3, -0.25) is 15.2 Å². The van der Waals surface area contributed by atoms with E-state index in [1.54, 1.807) is 12.3 Å². The Bertz CT molecular complexity index is 1110. The molecule has 0 spiro atoms. The molecule has 2 aromatic carbocycles. The largest absolute Gasteiger partial charge is 0.490 e. The van der Waals surface area contributed by atoms with E-state index >= 15 is 0 Å². The van der Waals surface area contributed by atoms with E-state index in [2.05, 4.69) is 20.2 Å². The molecule has 2 heterocycles. The van der Waals surface area contributed by atoms with Gasteiger partial charge >= 0.3 is 5.69 Å². The molecule has 0 fully saturated rings. The fourth-order valence-electron chi connectivity index (χ4n) is 2.88. The summed E-state index contributed by atoms with van der Waals surface area (Å²) in [6.45, 7) is 0. The van der Waals surface area contributed by atoms with Gasteiger partial charge in [-0.1, -0.05) is 30.3 Å². The minimum Gasteiger partial charge on any atom is -0.490 e. The first kappa shape index (κ1) is 15.7. The molecule has 8 nitrogen and oxygen atoms in total. The Kier molecular flexibility index (Phi) is 3.77. The van der Waals surface area contributed by atoms with Crippen LogP contribution in [0.1, 0.15) is 0 Å². The number of hydrogen-bond donors (Lipinski definition) is 1. The molecule has 0 unspecified atom stereocenters. The summed E-state index contributed by atoms with van der Waals surface area (Å²) in [7, 11) is 1.39. The van der Waals surface area contributed by atoms with Crippen LogP contribution >= 0.6 is 0 Å². The van der Waals surface area contributed by atoms with Crippen molar-refractivity contribution in [1.29, 1.82) is 0 Å². The predicted molar refractivity (Wildman–Crippen MR) is 95.8 cm³/mol. The number of H-pyrrole nitrogens is 1. The van der Waals surface area contributed by atoms with Crippen LogP contribution in [-0.2, 0) is 0 Å². The normalized spacial score (nSPS) is 10.8. The van der Waals surface area contributed by atoms with Gasteiger partial charge < -0.3 is 4.74 Å². The zero-order valence-electron chi connectivity index (χ0n) is 13.7. The number of benzene rings is 2. The molecule has 0 radical (unpaired) electrons. The number of nitro groups is 1. The topological polar surface area (TPSA) is 107 Å². The molecular formula is C18H13N5O3. The van der Waals surface area contributed by atoms with Gasteiger partial charge in [0, 0.05) is 28.6 Å². The lowest BCUT2D eigenvalue weighted by Crippen LogP contribution is -1.96. The minimum atomic E-state index is -0.484. The van der Waals surface area contributed by atoms with Crippen LogP contribution in [0.15, 0.2) is 55.0 Å². The van der Waals surface area contributed by atoms with Gasteiger partial charge in [0.25, 0.3) is 0 Å².